The van der Waals surface area contributed by atoms with E-state index in [0.29, 0.717) is 19.7 Å². The van der Waals surface area contributed by atoms with Crippen LogP contribution in [0.25, 0.3) is 10.9 Å². The Balaban J connectivity index is 1.81. The topological polar surface area (TPSA) is 74.4 Å². The van der Waals surface area contributed by atoms with E-state index in [1.54, 1.807) is 14.2 Å². The van der Waals surface area contributed by atoms with Crippen molar-refractivity contribution in [2.75, 3.05) is 33.9 Å². The van der Waals surface area contributed by atoms with Gasteiger partial charge in [-0.2, -0.15) is 0 Å². The molecule has 2 heterocycles. The summed E-state index contributed by atoms with van der Waals surface area (Å²) in [4.78, 5) is 29.7. The number of aryl methyl sites for hydroxylation is 1. The number of carbonyl (C=O) groups excluding carboxylic acids is 1. The molecule has 0 aliphatic carbocycles. The molecule has 1 amide bonds. The van der Waals surface area contributed by atoms with Crippen LogP contribution in [0.1, 0.15) is 11.1 Å². The number of hydrogen-bond acceptors (Lipinski definition) is 4. The molecule has 1 fully saturated rings. The lowest BCUT2D eigenvalue weighted by Crippen LogP contribution is -2.34. The van der Waals surface area contributed by atoms with Gasteiger partial charge in [-0.3, -0.25) is 14.5 Å². The molecule has 1 aliphatic heterocycles. The number of methoxy groups -OCH3 is 1. The van der Waals surface area contributed by atoms with Crippen molar-refractivity contribution in [3.05, 3.63) is 45.7 Å². The molecule has 2 N–H and O–H groups in total. The van der Waals surface area contributed by atoms with E-state index in [1.165, 1.54) is 0 Å². The van der Waals surface area contributed by atoms with Gasteiger partial charge in [0.05, 0.1) is 12.5 Å². The highest BCUT2D eigenvalue weighted by atomic mass is 16.5. The predicted octanol–water partition coefficient (Wildman–Crippen LogP) is 1.28. The monoisotopic (exact) mass is 343 g/mol. The van der Waals surface area contributed by atoms with Crippen molar-refractivity contribution in [3.63, 3.8) is 0 Å². The molecule has 1 aliphatic rings. The molecule has 0 bridgehead atoms. The molecule has 0 radical (unpaired) electrons. The summed E-state index contributed by atoms with van der Waals surface area (Å²) >= 11 is 0. The number of pyridine rings is 1. The van der Waals surface area contributed by atoms with Crippen LogP contribution in [-0.2, 0) is 16.1 Å². The minimum absolute atomic E-state index is 0.0347. The van der Waals surface area contributed by atoms with Crippen LogP contribution >= 0.6 is 0 Å². The maximum Gasteiger partial charge on any atom is 0.252 e. The molecular formula is C19H25N3O3. The van der Waals surface area contributed by atoms with Gasteiger partial charge < -0.3 is 15.0 Å². The van der Waals surface area contributed by atoms with Gasteiger partial charge in [0.15, 0.2) is 0 Å². The first kappa shape index (κ1) is 17.6. The Hall–Kier alpha value is -2.18. The van der Waals surface area contributed by atoms with Crippen LogP contribution in [0.4, 0.5) is 0 Å². The lowest BCUT2D eigenvalue weighted by atomic mass is 9.96. The minimum atomic E-state index is -0.105. The molecule has 3 rings (SSSR count). The fourth-order valence-electron chi connectivity index (χ4n) is 3.67. The number of ether oxygens (including phenoxy) is 1. The Kier molecular flexibility index (Phi) is 5.20. The maximum atomic E-state index is 12.4. The average Bonchev–Trinajstić information content (AvgIpc) is 2.98. The molecule has 134 valence electrons. The first-order chi connectivity index (χ1) is 12.0. The van der Waals surface area contributed by atoms with Gasteiger partial charge in [-0.1, -0.05) is 12.1 Å². The fraction of sp³-hybridized carbons (Fsp3) is 0.474. The summed E-state index contributed by atoms with van der Waals surface area (Å²) in [6.07, 6.45) is 0. The molecule has 0 saturated carbocycles. The van der Waals surface area contributed by atoms with Crippen molar-refractivity contribution in [2.24, 2.45) is 11.8 Å². The summed E-state index contributed by atoms with van der Waals surface area (Å²) in [6, 6.07) is 7.99. The molecular weight excluding hydrogens is 318 g/mol. The molecule has 6 nitrogen and oxygen atoms in total. The van der Waals surface area contributed by atoms with E-state index in [9.17, 15) is 9.59 Å². The second-order valence-electron chi connectivity index (χ2n) is 6.84. The third kappa shape index (κ3) is 3.75. The van der Waals surface area contributed by atoms with Gasteiger partial charge in [0.1, 0.15) is 0 Å². The second kappa shape index (κ2) is 7.37. The van der Waals surface area contributed by atoms with Crippen molar-refractivity contribution in [3.8, 4) is 0 Å². The molecule has 1 saturated heterocycles. The number of amides is 1. The summed E-state index contributed by atoms with van der Waals surface area (Å²) in [7, 11) is 3.31. The Morgan fingerprint density at radius 3 is 2.88 bits per heavy atom. The van der Waals surface area contributed by atoms with Gasteiger partial charge in [0, 0.05) is 50.8 Å². The van der Waals surface area contributed by atoms with E-state index in [1.807, 2.05) is 31.2 Å². The lowest BCUT2D eigenvalue weighted by molar-refractivity contribution is -0.125. The van der Waals surface area contributed by atoms with E-state index in [0.717, 1.165) is 28.6 Å². The Morgan fingerprint density at radius 1 is 1.36 bits per heavy atom. The molecule has 0 unspecified atom stereocenters. The van der Waals surface area contributed by atoms with Gasteiger partial charge in [0.25, 0.3) is 5.56 Å². The van der Waals surface area contributed by atoms with Gasteiger partial charge in [-0.05, 0) is 30.0 Å². The van der Waals surface area contributed by atoms with E-state index in [4.69, 9.17) is 4.74 Å². The summed E-state index contributed by atoms with van der Waals surface area (Å²) in [5.41, 5.74) is 2.64. The first-order valence-electron chi connectivity index (χ1n) is 8.57. The number of carbonyl (C=O) groups is 1. The number of aromatic nitrogens is 1. The van der Waals surface area contributed by atoms with Crippen molar-refractivity contribution in [1.82, 2.24) is 15.2 Å². The van der Waals surface area contributed by atoms with Gasteiger partial charge in [0.2, 0.25) is 5.91 Å². The normalized spacial score (nSPS) is 20.9. The second-order valence-corrected chi connectivity index (χ2v) is 6.84. The van der Waals surface area contributed by atoms with Crippen molar-refractivity contribution in [1.29, 1.82) is 0 Å². The number of likely N-dealkylation sites (tertiary alicyclic amines) is 1. The van der Waals surface area contributed by atoms with E-state index >= 15 is 0 Å². The number of aromatic amines is 1. The lowest BCUT2D eigenvalue weighted by Gasteiger charge is -2.15. The highest BCUT2D eigenvalue weighted by Crippen LogP contribution is 2.25. The number of benzene rings is 1. The van der Waals surface area contributed by atoms with Crippen LogP contribution < -0.4 is 10.9 Å². The molecule has 2 aromatic rings. The molecule has 1 aromatic carbocycles. The number of hydrogen-bond donors (Lipinski definition) is 2. The third-order valence-electron chi connectivity index (χ3n) is 4.95. The van der Waals surface area contributed by atoms with Crippen LogP contribution in [-0.4, -0.2) is 49.6 Å². The van der Waals surface area contributed by atoms with Crippen LogP contribution in [0.15, 0.2) is 29.1 Å². The van der Waals surface area contributed by atoms with E-state index in [2.05, 4.69) is 15.2 Å². The number of nitrogens with one attached hydrogen (secondary N) is 2. The van der Waals surface area contributed by atoms with Crippen LogP contribution in [0.3, 0.4) is 0 Å². The number of nitrogens with zero attached hydrogens (tertiary/aromatic N) is 1. The maximum absolute atomic E-state index is 12.4. The van der Waals surface area contributed by atoms with Crippen LogP contribution in [0, 0.1) is 18.8 Å². The highest BCUT2D eigenvalue weighted by molar-refractivity contribution is 5.80. The van der Waals surface area contributed by atoms with Crippen LogP contribution in [0.5, 0.6) is 0 Å². The summed E-state index contributed by atoms with van der Waals surface area (Å²) < 4.78 is 5.27. The average molecular weight is 343 g/mol. The summed E-state index contributed by atoms with van der Waals surface area (Å²) in [5.74, 6) is 0.0757. The van der Waals surface area contributed by atoms with Gasteiger partial charge >= 0.3 is 0 Å². The van der Waals surface area contributed by atoms with Gasteiger partial charge in [-0.25, -0.2) is 0 Å². The molecule has 0 spiro atoms. The van der Waals surface area contributed by atoms with Crippen molar-refractivity contribution in [2.45, 2.75) is 13.5 Å². The minimum Gasteiger partial charge on any atom is -0.384 e. The zero-order valence-electron chi connectivity index (χ0n) is 15.0. The third-order valence-corrected chi connectivity index (χ3v) is 4.95. The zero-order chi connectivity index (χ0) is 18.0. The molecule has 2 atom stereocenters. The van der Waals surface area contributed by atoms with Crippen molar-refractivity contribution >= 4 is 16.8 Å². The van der Waals surface area contributed by atoms with Crippen LogP contribution in [0.2, 0.25) is 0 Å². The van der Waals surface area contributed by atoms with E-state index < -0.39 is 0 Å². The SMILES string of the molecule is CNC(=O)[C@@H]1CN(Cc2cc3ccc(C)cc3[nH]c2=O)C[C@H]1COC. The quantitative estimate of drug-likeness (QED) is 0.858. The number of rotatable bonds is 5. The Labute approximate surface area is 147 Å². The fourth-order valence-corrected chi connectivity index (χ4v) is 3.67. The zero-order valence-corrected chi connectivity index (χ0v) is 15.0. The highest BCUT2D eigenvalue weighted by Gasteiger charge is 2.37. The van der Waals surface area contributed by atoms with E-state index in [-0.39, 0.29) is 23.3 Å². The van der Waals surface area contributed by atoms with Crippen molar-refractivity contribution < 1.29 is 9.53 Å². The summed E-state index contributed by atoms with van der Waals surface area (Å²) in [5, 5.41) is 3.76. The summed E-state index contributed by atoms with van der Waals surface area (Å²) in [6.45, 7) is 4.47. The standard InChI is InChI=1S/C19H25N3O3/c1-12-4-5-13-7-14(18(23)21-17(13)6-12)8-22-9-15(11-25-3)16(10-22)19(24)20-2/h4-7,15-16H,8-11H2,1-3H3,(H,20,24)(H,21,23)/t15-,16+/m0/s1. The molecule has 25 heavy (non-hydrogen) atoms. The predicted molar refractivity (Wildman–Crippen MR) is 97.5 cm³/mol. The Bertz CT molecular complexity index is 830. The van der Waals surface area contributed by atoms with Gasteiger partial charge in [-0.15, -0.1) is 0 Å². The largest absolute Gasteiger partial charge is 0.384 e. The molecule has 1 aromatic heterocycles. The molecule has 6 heteroatoms. The first-order valence-corrected chi connectivity index (χ1v) is 8.57. The smallest absolute Gasteiger partial charge is 0.252 e. The number of H-pyrrole nitrogens is 1. The Morgan fingerprint density at radius 2 is 2.16 bits per heavy atom. The number of fused-ring (bicyclic) bond motifs is 1.